The Morgan fingerprint density at radius 2 is 2.08 bits per heavy atom. The van der Waals surface area contributed by atoms with Crippen LogP contribution in [0.5, 0.6) is 0 Å². The molecular formula is C8H19NO4. The average Bonchev–Trinajstić information content (AvgIpc) is 2.14. The maximum absolute atomic E-state index is 8.51. The van der Waals surface area contributed by atoms with Crippen molar-refractivity contribution in [1.82, 2.24) is 0 Å². The van der Waals surface area contributed by atoms with Crippen molar-refractivity contribution < 1.29 is 19.3 Å². The number of aliphatic hydroxyl groups excluding tert-OH is 1. The first-order chi connectivity index (χ1) is 6.35. The highest BCUT2D eigenvalue weighted by Gasteiger charge is 2.07. The van der Waals surface area contributed by atoms with E-state index in [-0.39, 0.29) is 13.2 Å². The van der Waals surface area contributed by atoms with E-state index in [1.807, 2.05) is 6.92 Å². The Hall–Kier alpha value is -0.200. The first kappa shape index (κ1) is 12.8. The second-order valence-corrected chi connectivity index (χ2v) is 2.34. The lowest BCUT2D eigenvalue weighted by Gasteiger charge is -2.16. The Labute approximate surface area is 78.8 Å². The quantitative estimate of drug-likeness (QED) is 0.375. The van der Waals surface area contributed by atoms with E-state index in [1.165, 1.54) is 0 Å². The van der Waals surface area contributed by atoms with Gasteiger partial charge >= 0.3 is 0 Å². The van der Waals surface area contributed by atoms with Crippen LogP contribution < -0.4 is 5.73 Å². The summed E-state index contributed by atoms with van der Waals surface area (Å²) in [6.07, 6.45) is -0.399. The molecule has 0 saturated carbocycles. The lowest BCUT2D eigenvalue weighted by molar-refractivity contribution is -0.173. The molecule has 0 saturated heterocycles. The third-order valence-corrected chi connectivity index (χ3v) is 1.26. The summed E-state index contributed by atoms with van der Waals surface area (Å²) < 4.78 is 15.5. The molecule has 1 unspecified atom stereocenters. The van der Waals surface area contributed by atoms with Crippen molar-refractivity contribution in [2.75, 3.05) is 39.6 Å². The molecule has 0 aromatic rings. The molecule has 80 valence electrons. The lowest BCUT2D eigenvalue weighted by atomic mass is 10.6. The largest absolute Gasteiger partial charge is 0.394 e. The van der Waals surface area contributed by atoms with Crippen LogP contribution in [0.15, 0.2) is 0 Å². The van der Waals surface area contributed by atoms with Crippen LogP contribution in [0.25, 0.3) is 0 Å². The summed E-state index contributed by atoms with van der Waals surface area (Å²) >= 11 is 0. The summed E-state index contributed by atoms with van der Waals surface area (Å²) in [7, 11) is 0. The molecule has 0 aromatic heterocycles. The molecule has 5 nitrogen and oxygen atoms in total. The van der Waals surface area contributed by atoms with Crippen LogP contribution in [0.3, 0.4) is 0 Å². The fraction of sp³-hybridized carbons (Fsp3) is 1.00. The van der Waals surface area contributed by atoms with Gasteiger partial charge in [0, 0.05) is 13.2 Å². The molecule has 0 bridgehead atoms. The van der Waals surface area contributed by atoms with Crippen LogP contribution in [0.2, 0.25) is 0 Å². The maximum Gasteiger partial charge on any atom is 0.180 e. The van der Waals surface area contributed by atoms with E-state index in [0.717, 1.165) is 0 Å². The van der Waals surface area contributed by atoms with Crippen LogP contribution in [0.1, 0.15) is 6.92 Å². The molecule has 5 heteroatoms. The number of hydrogen-bond acceptors (Lipinski definition) is 5. The molecule has 0 rings (SSSR count). The minimum atomic E-state index is -0.399. The van der Waals surface area contributed by atoms with Crippen molar-refractivity contribution in [2.45, 2.75) is 13.2 Å². The minimum absolute atomic E-state index is 0.0134. The molecule has 0 aliphatic heterocycles. The molecular weight excluding hydrogens is 174 g/mol. The van der Waals surface area contributed by atoms with E-state index in [0.29, 0.717) is 26.4 Å². The van der Waals surface area contributed by atoms with E-state index in [2.05, 4.69) is 0 Å². The Morgan fingerprint density at radius 1 is 1.31 bits per heavy atom. The fourth-order valence-electron chi connectivity index (χ4n) is 0.777. The topological polar surface area (TPSA) is 73.9 Å². The van der Waals surface area contributed by atoms with Crippen molar-refractivity contribution in [2.24, 2.45) is 5.73 Å². The summed E-state index contributed by atoms with van der Waals surface area (Å²) in [6, 6.07) is 0. The average molecular weight is 193 g/mol. The molecule has 0 fully saturated rings. The summed E-state index contributed by atoms with van der Waals surface area (Å²) in [5.41, 5.74) is 5.24. The molecule has 13 heavy (non-hydrogen) atoms. The molecule has 0 aliphatic carbocycles. The monoisotopic (exact) mass is 193 g/mol. The highest BCUT2D eigenvalue weighted by molar-refractivity contribution is 4.42. The Morgan fingerprint density at radius 3 is 2.62 bits per heavy atom. The summed E-state index contributed by atoms with van der Waals surface area (Å²) in [5.74, 6) is 0. The summed E-state index contributed by atoms with van der Waals surface area (Å²) in [5, 5.41) is 8.51. The van der Waals surface area contributed by atoms with Crippen molar-refractivity contribution in [3.05, 3.63) is 0 Å². The van der Waals surface area contributed by atoms with Crippen molar-refractivity contribution in [3.63, 3.8) is 0 Å². The maximum atomic E-state index is 8.51. The van der Waals surface area contributed by atoms with Crippen molar-refractivity contribution >= 4 is 0 Å². The molecule has 0 aromatic carbocycles. The SMILES string of the molecule is CCOC(COCCN)OCCO. The van der Waals surface area contributed by atoms with Gasteiger partial charge in [-0.3, -0.25) is 0 Å². The van der Waals surface area contributed by atoms with Crippen molar-refractivity contribution in [3.8, 4) is 0 Å². The number of hydrogen-bond donors (Lipinski definition) is 2. The van der Waals surface area contributed by atoms with Crippen LogP contribution in [0, 0.1) is 0 Å². The predicted octanol–water partition coefficient (Wildman–Crippen LogP) is -0.667. The van der Waals surface area contributed by atoms with Gasteiger partial charge in [-0.1, -0.05) is 0 Å². The lowest BCUT2D eigenvalue weighted by Crippen LogP contribution is -2.26. The van der Waals surface area contributed by atoms with Gasteiger partial charge in [-0.2, -0.15) is 0 Å². The normalized spacial score (nSPS) is 13.2. The third kappa shape index (κ3) is 8.14. The van der Waals surface area contributed by atoms with E-state index >= 15 is 0 Å². The zero-order valence-corrected chi connectivity index (χ0v) is 8.07. The smallest absolute Gasteiger partial charge is 0.180 e. The molecule has 0 spiro atoms. The number of aliphatic hydroxyl groups is 1. The molecule has 0 radical (unpaired) electrons. The van der Waals surface area contributed by atoms with Gasteiger partial charge in [0.2, 0.25) is 0 Å². The fourth-order valence-corrected chi connectivity index (χ4v) is 0.777. The van der Waals surface area contributed by atoms with E-state index < -0.39 is 6.29 Å². The minimum Gasteiger partial charge on any atom is -0.394 e. The van der Waals surface area contributed by atoms with Crippen LogP contribution in [-0.2, 0) is 14.2 Å². The van der Waals surface area contributed by atoms with Gasteiger partial charge < -0.3 is 25.1 Å². The van der Waals surface area contributed by atoms with Gasteiger partial charge in [0.25, 0.3) is 0 Å². The highest BCUT2D eigenvalue weighted by atomic mass is 16.7. The zero-order valence-electron chi connectivity index (χ0n) is 8.07. The number of rotatable bonds is 9. The standard InChI is InChI=1S/C8H19NO4/c1-2-12-8(13-6-4-10)7-11-5-3-9/h8,10H,2-7,9H2,1H3. The molecule has 0 amide bonds. The van der Waals surface area contributed by atoms with Crippen LogP contribution >= 0.6 is 0 Å². The molecule has 0 heterocycles. The van der Waals surface area contributed by atoms with Gasteiger partial charge in [0.05, 0.1) is 26.4 Å². The van der Waals surface area contributed by atoms with Gasteiger partial charge in [0.15, 0.2) is 6.29 Å². The van der Waals surface area contributed by atoms with E-state index in [1.54, 1.807) is 0 Å². The predicted molar refractivity (Wildman–Crippen MR) is 48.3 cm³/mol. The Kier molecular flexibility index (Phi) is 9.73. The van der Waals surface area contributed by atoms with E-state index in [9.17, 15) is 0 Å². The Bertz CT molecular complexity index is 102. The van der Waals surface area contributed by atoms with Crippen LogP contribution in [0.4, 0.5) is 0 Å². The van der Waals surface area contributed by atoms with Gasteiger partial charge in [-0.15, -0.1) is 0 Å². The zero-order chi connectivity index (χ0) is 9.94. The van der Waals surface area contributed by atoms with Crippen molar-refractivity contribution in [1.29, 1.82) is 0 Å². The molecule has 3 N–H and O–H groups in total. The highest BCUT2D eigenvalue weighted by Crippen LogP contribution is 1.95. The van der Waals surface area contributed by atoms with Gasteiger partial charge in [0.1, 0.15) is 0 Å². The first-order valence-electron chi connectivity index (χ1n) is 4.47. The number of nitrogens with two attached hydrogens (primary N) is 1. The molecule has 1 atom stereocenters. The Balaban J connectivity index is 3.41. The molecule has 0 aliphatic rings. The second kappa shape index (κ2) is 9.88. The van der Waals surface area contributed by atoms with Gasteiger partial charge in [-0.25, -0.2) is 0 Å². The second-order valence-electron chi connectivity index (χ2n) is 2.34. The first-order valence-corrected chi connectivity index (χ1v) is 4.47. The summed E-state index contributed by atoms with van der Waals surface area (Å²) in [4.78, 5) is 0. The van der Waals surface area contributed by atoms with Crippen LogP contribution in [-0.4, -0.2) is 51.0 Å². The van der Waals surface area contributed by atoms with Gasteiger partial charge in [-0.05, 0) is 6.92 Å². The third-order valence-electron chi connectivity index (χ3n) is 1.26. The van der Waals surface area contributed by atoms with E-state index in [4.69, 9.17) is 25.1 Å². The number of ether oxygens (including phenoxy) is 3. The summed E-state index contributed by atoms with van der Waals surface area (Å²) in [6.45, 7) is 4.01.